The summed E-state index contributed by atoms with van der Waals surface area (Å²) >= 11 is 1.38. The van der Waals surface area contributed by atoms with Crippen LogP contribution in [0.3, 0.4) is 0 Å². The van der Waals surface area contributed by atoms with Crippen LogP contribution in [-0.4, -0.2) is 26.4 Å². The first-order valence-corrected chi connectivity index (χ1v) is 9.00. The topological polar surface area (TPSA) is 59.8 Å². The molecule has 1 aromatic heterocycles. The predicted octanol–water partition coefficient (Wildman–Crippen LogP) is 3.92. The van der Waals surface area contributed by atoms with Crippen molar-refractivity contribution in [2.45, 2.75) is 25.9 Å². The quantitative estimate of drug-likeness (QED) is 0.707. The standard InChI is InChI=1S/C19H20N4OS/c1-13-9-14(2)11-16(10-13)20-18(24)12-25-19-22-21-15(3)23(19)17-7-5-4-6-8-17/h4-11H,12H2,1-3H3,(H,20,24). The largest absolute Gasteiger partial charge is 0.325 e. The molecule has 0 atom stereocenters. The molecule has 3 rings (SSSR count). The van der Waals surface area contributed by atoms with Crippen LogP contribution in [0.2, 0.25) is 0 Å². The highest BCUT2D eigenvalue weighted by molar-refractivity contribution is 7.99. The molecule has 3 aromatic rings. The van der Waals surface area contributed by atoms with Gasteiger partial charge in [0.2, 0.25) is 5.91 Å². The zero-order valence-electron chi connectivity index (χ0n) is 14.5. The first-order valence-electron chi connectivity index (χ1n) is 8.01. The van der Waals surface area contributed by atoms with Crippen LogP contribution in [0.15, 0.2) is 53.7 Å². The molecule has 5 nitrogen and oxygen atoms in total. The predicted molar refractivity (Wildman–Crippen MR) is 101 cm³/mol. The normalized spacial score (nSPS) is 10.7. The first kappa shape index (κ1) is 17.2. The van der Waals surface area contributed by atoms with Crippen molar-refractivity contribution in [2.24, 2.45) is 0 Å². The van der Waals surface area contributed by atoms with Crippen LogP contribution >= 0.6 is 11.8 Å². The van der Waals surface area contributed by atoms with E-state index < -0.39 is 0 Å². The average Bonchev–Trinajstić information content (AvgIpc) is 2.93. The third kappa shape index (κ3) is 4.28. The summed E-state index contributed by atoms with van der Waals surface area (Å²) < 4.78 is 1.95. The Balaban J connectivity index is 1.69. The smallest absolute Gasteiger partial charge is 0.234 e. The number of rotatable bonds is 5. The Kier molecular flexibility index (Phi) is 5.19. The Hall–Kier alpha value is -2.60. The second-order valence-corrected chi connectivity index (χ2v) is 6.86. The molecule has 6 heteroatoms. The van der Waals surface area contributed by atoms with Gasteiger partial charge in [-0.05, 0) is 56.2 Å². The van der Waals surface area contributed by atoms with Crippen molar-refractivity contribution in [3.63, 3.8) is 0 Å². The molecular formula is C19H20N4OS. The lowest BCUT2D eigenvalue weighted by Gasteiger charge is -2.09. The Morgan fingerprint density at radius 3 is 2.40 bits per heavy atom. The van der Waals surface area contributed by atoms with E-state index in [1.807, 2.05) is 67.8 Å². The number of thioether (sulfide) groups is 1. The number of aryl methyl sites for hydroxylation is 3. The van der Waals surface area contributed by atoms with Gasteiger partial charge in [0, 0.05) is 11.4 Å². The van der Waals surface area contributed by atoms with Crippen molar-refractivity contribution in [1.82, 2.24) is 14.8 Å². The third-order valence-electron chi connectivity index (χ3n) is 3.65. The highest BCUT2D eigenvalue weighted by atomic mass is 32.2. The molecule has 0 aliphatic rings. The van der Waals surface area contributed by atoms with E-state index in [0.29, 0.717) is 5.16 Å². The summed E-state index contributed by atoms with van der Waals surface area (Å²) in [4.78, 5) is 12.3. The number of hydrogen-bond acceptors (Lipinski definition) is 4. The van der Waals surface area contributed by atoms with E-state index in [4.69, 9.17) is 0 Å². The van der Waals surface area contributed by atoms with Gasteiger partial charge in [-0.25, -0.2) is 0 Å². The molecule has 0 aliphatic carbocycles. The SMILES string of the molecule is Cc1cc(C)cc(NC(=O)CSc2nnc(C)n2-c2ccccc2)c1. The molecule has 1 amide bonds. The number of benzene rings is 2. The summed E-state index contributed by atoms with van der Waals surface area (Å²) in [6, 6.07) is 15.9. The second kappa shape index (κ2) is 7.53. The lowest BCUT2D eigenvalue weighted by atomic mass is 10.1. The number of amides is 1. The van der Waals surface area contributed by atoms with E-state index in [2.05, 4.69) is 21.6 Å². The lowest BCUT2D eigenvalue weighted by molar-refractivity contribution is -0.113. The molecule has 0 radical (unpaired) electrons. The van der Waals surface area contributed by atoms with Gasteiger partial charge < -0.3 is 5.32 Å². The van der Waals surface area contributed by atoms with Gasteiger partial charge in [0.25, 0.3) is 0 Å². The lowest BCUT2D eigenvalue weighted by Crippen LogP contribution is -2.14. The summed E-state index contributed by atoms with van der Waals surface area (Å²) in [6.45, 7) is 5.94. The summed E-state index contributed by atoms with van der Waals surface area (Å²) in [7, 11) is 0. The second-order valence-electron chi connectivity index (χ2n) is 5.91. The van der Waals surface area contributed by atoms with Crippen LogP contribution in [0.25, 0.3) is 5.69 Å². The Morgan fingerprint density at radius 2 is 1.72 bits per heavy atom. The maximum absolute atomic E-state index is 12.3. The maximum Gasteiger partial charge on any atom is 0.234 e. The summed E-state index contributed by atoms with van der Waals surface area (Å²) in [6.07, 6.45) is 0. The van der Waals surface area contributed by atoms with Crippen LogP contribution in [-0.2, 0) is 4.79 Å². The minimum absolute atomic E-state index is 0.0599. The highest BCUT2D eigenvalue weighted by Crippen LogP contribution is 2.22. The van der Waals surface area contributed by atoms with Crippen LogP contribution in [0.4, 0.5) is 5.69 Å². The minimum atomic E-state index is -0.0599. The van der Waals surface area contributed by atoms with Crippen molar-refractivity contribution >= 4 is 23.4 Å². The molecule has 128 valence electrons. The average molecular weight is 352 g/mol. The highest BCUT2D eigenvalue weighted by Gasteiger charge is 2.13. The van der Waals surface area contributed by atoms with E-state index in [1.165, 1.54) is 11.8 Å². The number of nitrogens with one attached hydrogen (secondary N) is 1. The van der Waals surface area contributed by atoms with Gasteiger partial charge in [0.15, 0.2) is 5.16 Å². The molecule has 0 bridgehead atoms. The third-order valence-corrected chi connectivity index (χ3v) is 4.58. The van der Waals surface area contributed by atoms with Crippen molar-refractivity contribution in [1.29, 1.82) is 0 Å². The fourth-order valence-corrected chi connectivity index (χ4v) is 3.48. The molecule has 0 saturated heterocycles. The summed E-state index contributed by atoms with van der Waals surface area (Å²) in [5.74, 6) is 1.01. The number of nitrogens with zero attached hydrogens (tertiary/aromatic N) is 3. The fraction of sp³-hybridized carbons (Fsp3) is 0.211. The number of carbonyl (C=O) groups is 1. The number of anilines is 1. The van der Waals surface area contributed by atoms with E-state index in [0.717, 1.165) is 28.3 Å². The van der Waals surface area contributed by atoms with Gasteiger partial charge in [-0.15, -0.1) is 10.2 Å². The van der Waals surface area contributed by atoms with Gasteiger partial charge in [-0.3, -0.25) is 9.36 Å². The molecular weight excluding hydrogens is 332 g/mol. The van der Waals surface area contributed by atoms with Crippen LogP contribution < -0.4 is 5.32 Å². The Bertz CT molecular complexity index is 869. The Labute approximate surface area is 151 Å². The van der Waals surface area contributed by atoms with Crippen molar-refractivity contribution in [2.75, 3.05) is 11.1 Å². The van der Waals surface area contributed by atoms with Crippen LogP contribution in [0.1, 0.15) is 17.0 Å². The van der Waals surface area contributed by atoms with E-state index >= 15 is 0 Å². The Morgan fingerprint density at radius 1 is 1.04 bits per heavy atom. The van der Waals surface area contributed by atoms with Crippen LogP contribution in [0, 0.1) is 20.8 Å². The summed E-state index contributed by atoms with van der Waals surface area (Å²) in [5.41, 5.74) is 4.07. The number of carbonyl (C=O) groups excluding carboxylic acids is 1. The molecule has 25 heavy (non-hydrogen) atoms. The number of aromatic nitrogens is 3. The number of hydrogen-bond donors (Lipinski definition) is 1. The summed E-state index contributed by atoms with van der Waals surface area (Å²) in [5, 5.41) is 12.0. The zero-order chi connectivity index (χ0) is 17.8. The minimum Gasteiger partial charge on any atom is -0.325 e. The number of para-hydroxylation sites is 1. The van der Waals surface area contributed by atoms with Crippen LogP contribution in [0.5, 0.6) is 0 Å². The van der Waals surface area contributed by atoms with Crippen molar-refractivity contribution in [3.05, 3.63) is 65.5 Å². The van der Waals surface area contributed by atoms with Gasteiger partial charge in [-0.2, -0.15) is 0 Å². The maximum atomic E-state index is 12.3. The molecule has 1 N–H and O–H groups in total. The van der Waals surface area contributed by atoms with Crippen molar-refractivity contribution in [3.8, 4) is 5.69 Å². The molecule has 2 aromatic carbocycles. The molecule has 1 heterocycles. The molecule has 0 unspecified atom stereocenters. The zero-order valence-corrected chi connectivity index (χ0v) is 15.3. The molecule has 0 aliphatic heterocycles. The fourth-order valence-electron chi connectivity index (χ4n) is 2.68. The van der Waals surface area contributed by atoms with Gasteiger partial charge in [0.1, 0.15) is 5.82 Å². The van der Waals surface area contributed by atoms with Gasteiger partial charge in [0.05, 0.1) is 5.75 Å². The van der Waals surface area contributed by atoms with Gasteiger partial charge >= 0.3 is 0 Å². The molecule has 0 spiro atoms. The van der Waals surface area contributed by atoms with E-state index in [1.54, 1.807) is 0 Å². The molecule has 0 saturated carbocycles. The van der Waals surface area contributed by atoms with Gasteiger partial charge in [-0.1, -0.05) is 36.0 Å². The van der Waals surface area contributed by atoms with E-state index in [9.17, 15) is 4.79 Å². The van der Waals surface area contributed by atoms with E-state index in [-0.39, 0.29) is 11.7 Å². The molecule has 0 fully saturated rings. The monoisotopic (exact) mass is 352 g/mol. The first-order chi connectivity index (χ1) is 12.0. The van der Waals surface area contributed by atoms with Crippen molar-refractivity contribution < 1.29 is 4.79 Å².